The van der Waals surface area contributed by atoms with Crippen molar-refractivity contribution in [1.29, 1.82) is 5.41 Å². The number of carbonyl (C=O) groups excluding carboxylic acids is 1. The van der Waals surface area contributed by atoms with E-state index in [0.717, 1.165) is 59.2 Å². The Morgan fingerprint density at radius 1 is 1.10 bits per heavy atom. The maximum atomic E-state index is 13.2. The zero-order valence-corrected chi connectivity index (χ0v) is 18.4. The van der Waals surface area contributed by atoms with E-state index in [9.17, 15) is 4.79 Å². The van der Waals surface area contributed by atoms with Crippen molar-refractivity contribution in [2.45, 2.75) is 45.4 Å². The van der Waals surface area contributed by atoms with Gasteiger partial charge in [-0.15, -0.1) is 12.4 Å². The molecule has 1 heterocycles. The Bertz CT molecular complexity index is 1080. The highest BCUT2D eigenvalue weighted by Crippen LogP contribution is 2.39. The molecule has 3 N–H and O–H groups in total. The molecule has 0 unspecified atom stereocenters. The fraction of sp³-hybridized carbons (Fsp3) is 0.375. The summed E-state index contributed by atoms with van der Waals surface area (Å²) in [5, 5.41) is 7.51. The van der Waals surface area contributed by atoms with Crippen LogP contribution in [0.4, 0.5) is 0 Å². The van der Waals surface area contributed by atoms with Crippen LogP contribution < -0.4 is 5.73 Å². The van der Waals surface area contributed by atoms with Crippen LogP contribution in [-0.2, 0) is 13.5 Å². The van der Waals surface area contributed by atoms with Crippen LogP contribution in [-0.4, -0.2) is 21.2 Å². The molecule has 1 saturated carbocycles. The average molecular weight is 425 g/mol. The van der Waals surface area contributed by atoms with Gasteiger partial charge in [0.2, 0.25) is 0 Å². The van der Waals surface area contributed by atoms with Crippen LogP contribution in [0.1, 0.15) is 66.3 Å². The number of benzene rings is 2. The van der Waals surface area contributed by atoms with Crippen LogP contribution >= 0.6 is 12.4 Å². The molecule has 2 aromatic carbocycles. The molecule has 0 aliphatic heterocycles. The Kier molecular flexibility index (Phi) is 6.32. The number of nitrogens with two attached hydrogens (primary N) is 1. The Morgan fingerprint density at radius 2 is 1.73 bits per heavy atom. The SMILES string of the molecule is Cl.Cn1c(Cc2ccc(C(=N)N)cc2)nc2cc(C(=O)C3(C)CCCCC3)ccc21. The summed E-state index contributed by atoms with van der Waals surface area (Å²) in [6.45, 7) is 2.12. The van der Waals surface area contributed by atoms with E-state index in [0.29, 0.717) is 6.42 Å². The normalized spacial score (nSPS) is 15.5. The van der Waals surface area contributed by atoms with Crippen molar-refractivity contribution < 1.29 is 4.79 Å². The number of hydrogen-bond acceptors (Lipinski definition) is 3. The summed E-state index contributed by atoms with van der Waals surface area (Å²) in [5.41, 5.74) is 9.81. The molecule has 0 radical (unpaired) electrons. The lowest BCUT2D eigenvalue weighted by molar-refractivity contribution is 0.0749. The second-order valence-corrected chi connectivity index (χ2v) is 8.53. The minimum atomic E-state index is -0.234. The highest BCUT2D eigenvalue weighted by Gasteiger charge is 2.35. The predicted octanol–water partition coefficient (Wildman–Crippen LogP) is 5.02. The number of nitrogens with zero attached hydrogens (tertiary/aromatic N) is 2. The molecule has 0 spiro atoms. The number of rotatable bonds is 5. The van der Waals surface area contributed by atoms with E-state index in [4.69, 9.17) is 16.1 Å². The number of aryl methyl sites for hydroxylation is 1. The van der Waals surface area contributed by atoms with Gasteiger partial charge in [0, 0.05) is 30.0 Å². The molecule has 0 amide bonds. The fourth-order valence-electron chi connectivity index (χ4n) is 4.44. The number of amidine groups is 1. The van der Waals surface area contributed by atoms with Crippen molar-refractivity contribution in [2.75, 3.05) is 0 Å². The van der Waals surface area contributed by atoms with Gasteiger partial charge in [-0.3, -0.25) is 10.2 Å². The minimum absolute atomic E-state index is 0. The van der Waals surface area contributed by atoms with Gasteiger partial charge in [-0.05, 0) is 36.6 Å². The summed E-state index contributed by atoms with van der Waals surface area (Å²) in [6, 6.07) is 13.6. The number of imidazole rings is 1. The van der Waals surface area contributed by atoms with Crippen molar-refractivity contribution >= 4 is 35.1 Å². The van der Waals surface area contributed by atoms with Gasteiger partial charge in [-0.1, -0.05) is 50.5 Å². The molecular weight excluding hydrogens is 396 g/mol. The maximum Gasteiger partial charge on any atom is 0.168 e. The molecule has 3 aromatic rings. The van der Waals surface area contributed by atoms with Gasteiger partial charge < -0.3 is 10.3 Å². The van der Waals surface area contributed by atoms with Gasteiger partial charge in [-0.25, -0.2) is 4.98 Å². The number of hydrogen-bond donors (Lipinski definition) is 2. The van der Waals surface area contributed by atoms with E-state index in [1.807, 2.05) is 49.5 Å². The maximum absolute atomic E-state index is 13.2. The van der Waals surface area contributed by atoms with Crippen molar-refractivity contribution in [1.82, 2.24) is 9.55 Å². The van der Waals surface area contributed by atoms with Crippen molar-refractivity contribution in [3.63, 3.8) is 0 Å². The van der Waals surface area contributed by atoms with Gasteiger partial charge in [-0.2, -0.15) is 0 Å². The number of Topliss-reactive ketones (excluding diaryl/α,β-unsaturated/α-hetero) is 1. The van der Waals surface area contributed by atoms with Crippen LogP contribution in [0, 0.1) is 10.8 Å². The first kappa shape index (κ1) is 22.0. The lowest BCUT2D eigenvalue weighted by atomic mass is 9.71. The molecule has 5 nitrogen and oxygen atoms in total. The fourth-order valence-corrected chi connectivity index (χ4v) is 4.44. The van der Waals surface area contributed by atoms with E-state index in [1.54, 1.807) is 0 Å². The molecule has 1 aliphatic carbocycles. The van der Waals surface area contributed by atoms with E-state index < -0.39 is 0 Å². The standard InChI is InChI=1S/C24H28N4O.ClH/c1-24(12-4-3-5-13-24)22(29)18-10-11-20-19(15-18)27-21(28(20)2)14-16-6-8-17(9-7-16)23(25)26;/h6-11,15H,3-5,12-14H2,1-2H3,(H3,25,26);1H. The Morgan fingerprint density at radius 3 is 2.37 bits per heavy atom. The highest BCUT2D eigenvalue weighted by atomic mass is 35.5. The first-order chi connectivity index (χ1) is 13.9. The van der Waals surface area contributed by atoms with Gasteiger partial charge in [0.05, 0.1) is 11.0 Å². The lowest BCUT2D eigenvalue weighted by Gasteiger charge is -2.32. The van der Waals surface area contributed by atoms with Crippen LogP contribution in [0.25, 0.3) is 11.0 Å². The Hall–Kier alpha value is -2.66. The summed E-state index contributed by atoms with van der Waals surface area (Å²) < 4.78 is 2.09. The summed E-state index contributed by atoms with van der Waals surface area (Å²) in [6.07, 6.45) is 6.16. The molecule has 30 heavy (non-hydrogen) atoms. The minimum Gasteiger partial charge on any atom is -0.384 e. The predicted molar refractivity (Wildman–Crippen MR) is 124 cm³/mol. The summed E-state index contributed by atoms with van der Waals surface area (Å²) in [7, 11) is 2.01. The van der Waals surface area contributed by atoms with E-state index in [-0.39, 0.29) is 29.4 Å². The number of nitrogen functional groups attached to an aromatic ring is 1. The third-order valence-electron chi connectivity index (χ3n) is 6.37. The number of ketones is 1. The first-order valence-electron chi connectivity index (χ1n) is 10.3. The second-order valence-electron chi connectivity index (χ2n) is 8.53. The molecule has 1 fully saturated rings. The molecule has 1 aromatic heterocycles. The summed E-state index contributed by atoms with van der Waals surface area (Å²) >= 11 is 0. The monoisotopic (exact) mass is 424 g/mol. The number of fused-ring (bicyclic) bond motifs is 1. The molecule has 158 valence electrons. The third kappa shape index (κ3) is 4.12. The van der Waals surface area contributed by atoms with Gasteiger partial charge in [0.25, 0.3) is 0 Å². The molecule has 0 saturated heterocycles. The zero-order chi connectivity index (χ0) is 20.6. The van der Waals surface area contributed by atoms with Crippen LogP contribution in [0.15, 0.2) is 42.5 Å². The average Bonchev–Trinajstić information content (AvgIpc) is 3.03. The smallest absolute Gasteiger partial charge is 0.168 e. The number of aromatic nitrogens is 2. The molecule has 1 aliphatic rings. The third-order valence-corrected chi connectivity index (χ3v) is 6.37. The quantitative estimate of drug-likeness (QED) is 0.342. The number of nitrogens with one attached hydrogen (secondary N) is 1. The van der Waals surface area contributed by atoms with Crippen LogP contribution in [0.2, 0.25) is 0 Å². The van der Waals surface area contributed by atoms with Crippen molar-refractivity contribution in [2.24, 2.45) is 18.2 Å². The highest BCUT2D eigenvalue weighted by molar-refractivity contribution is 6.02. The summed E-state index contributed by atoms with van der Waals surface area (Å²) in [4.78, 5) is 18.0. The van der Waals surface area contributed by atoms with E-state index >= 15 is 0 Å². The second kappa shape index (κ2) is 8.60. The largest absolute Gasteiger partial charge is 0.384 e. The molecule has 6 heteroatoms. The number of halogens is 1. The zero-order valence-electron chi connectivity index (χ0n) is 17.6. The molecular formula is C24H29ClN4O. The van der Waals surface area contributed by atoms with Gasteiger partial charge in [0.15, 0.2) is 5.78 Å². The molecule has 0 bridgehead atoms. The molecule has 4 rings (SSSR count). The van der Waals surface area contributed by atoms with Crippen LogP contribution in [0.5, 0.6) is 0 Å². The van der Waals surface area contributed by atoms with Crippen molar-refractivity contribution in [3.05, 3.63) is 65.0 Å². The number of carbonyl (C=O) groups is 1. The first-order valence-corrected chi connectivity index (χ1v) is 10.3. The van der Waals surface area contributed by atoms with Crippen molar-refractivity contribution in [3.8, 4) is 0 Å². The Labute approximate surface area is 183 Å². The molecule has 0 atom stereocenters. The summed E-state index contributed by atoms with van der Waals surface area (Å²) in [5.74, 6) is 1.28. The van der Waals surface area contributed by atoms with Gasteiger partial charge in [0.1, 0.15) is 11.7 Å². The van der Waals surface area contributed by atoms with Crippen LogP contribution in [0.3, 0.4) is 0 Å². The van der Waals surface area contributed by atoms with E-state index in [2.05, 4.69) is 11.5 Å². The van der Waals surface area contributed by atoms with Gasteiger partial charge >= 0.3 is 0 Å². The van der Waals surface area contributed by atoms with E-state index in [1.165, 1.54) is 6.42 Å². The lowest BCUT2D eigenvalue weighted by Crippen LogP contribution is -2.30. The topological polar surface area (TPSA) is 84.8 Å². The Balaban J connectivity index is 0.00000256.